The zero-order valence-electron chi connectivity index (χ0n) is 50.1. The van der Waals surface area contributed by atoms with Gasteiger partial charge in [0.25, 0.3) is 0 Å². The van der Waals surface area contributed by atoms with E-state index in [9.17, 15) is 45.0 Å². The normalized spacial score (nSPS) is 23.7. The fourth-order valence-electron chi connectivity index (χ4n) is 10.6. The largest absolute Gasteiger partial charge is 0.462 e. The average Bonchev–Trinajstić information content (AvgIpc) is 3.52. The first-order valence-corrected chi connectivity index (χ1v) is 32.6. The van der Waals surface area contributed by atoms with Crippen LogP contribution in [0, 0.1) is 0 Å². The molecule has 2 heterocycles. The molecule has 2 aliphatic rings. The van der Waals surface area contributed by atoms with E-state index in [2.05, 4.69) is 20.8 Å². The van der Waals surface area contributed by atoms with Gasteiger partial charge in [0, 0.05) is 19.3 Å². The molecule has 0 aromatic carbocycles. The van der Waals surface area contributed by atoms with Gasteiger partial charge in [-0.15, -0.1) is 0 Å². The molecule has 0 bridgehead atoms. The van der Waals surface area contributed by atoms with Crippen molar-refractivity contribution in [3.63, 3.8) is 0 Å². The van der Waals surface area contributed by atoms with Crippen LogP contribution in [0.2, 0.25) is 0 Å². The fraction of sp³-hybridized carbons (Fsp3) is 0.952. The second-order valence-corrected chi connectivity index (χ2v) is 23.1. The molecule has 0 amide bonds. The van der Waals surface area contributed by atoms with Gasteiger partial charge in [0.05, 0.1) is 19.8 Å². The van der Waals surface area contributed by atoms with Crippen LogP contribution in [0.3, 0.4) is 0 Å². The van der Waals surface area contributed by atoms with Crippen LogP contribution in [0.5, 0.6) is 0 Å². The molecular weight excluding hydrogens is 1010 g/mol. The van der Waals surface area contributed by atoms with Crippen LogP contribution in [0.25, 0.3) is 0 Å². The maximum atomic E-state index is 13.1. The van der Waals surface area contributed by atoms with E-state index >= 15 is 0 Å². The standard InChI is InChI=1S/C63H118O16/c1-4-7-10-13-16-19-22-25-28-31-34-37-40-43-53(65)73-47-50(76-54(66)44-41-38-35-32-29-26-23-20-17-14-11-8-5-2)48-74-62-59(71)58(70)56(68)52(78-62)49-75-63-60(72)61(57(69)51(46-64)77-63)79-55(67)45-42-39-36-33-30-27-24-21-18-15-12-9-6-3/h50-52,56-64,68-72H,4-49H2,1-3H3/t50-,51-,52-,56-,57+,58+,59-,60-,61+,62+,63+/m1/s1. The van der Waals surface area contributed by atoms with E-state index in [4.69, 9.17) is 33.2 Å². The van der Waals surface area contributed by atoms with Crippen molar-refractivity contribution in [1.82, 2.24) is 0 Å². The van der Waals surface area contributed by atoms with E-state index in [-0.39, 0.29) is 32.5 Å². The molecule has 0 aromatic rings. The number of unbranched alkanes of at least 4 members (excludes halogenated alkanes) is 36. The highest BCUT2D eigenvalue weighted by atomic mass is 16.7. The molecule has 16 heteroatoms. The Balaban J connectivity index is 1.89. The van der Waals surface area contributed by atoms with E-state index in [0.29, 0.717) is 19.3 Å². The highest BCUT2D eigenvalue weighted by Crippen LogP contribution is 2.28. The summed E-state index contributed by atoms with van der Waals surface area (Å²) in [5, 5.41) is 65.0. The highest BCUT2D eigenvalue weighted by molar-refractivity contribution is 5.70. The van der Waals surface area contributed by atoms with Crippen LogP contribution in [0.4, 0.5) is 0 Å². The van der Waals surface area contributed by atoms with Crippen molar-refractivity contribution in [1.29, 1.82) is 0 Å². The van der Waals surface area contributed by atoms with Crippen LogP contribution in [-0.4, -0.2) is 142 Å². The minimum Gasteiger partial charge on any atom is -0.462 e. The predicted octanol–water partition coefficient (Wildman–Crippen LogP) is 12.1. The van der Waals surface area contributed by atoms with Gasteiger partial charge in [-0.1, -0.05) is 252 Å². The Bertz CT molecular complexity index is 1440. The summed E-state index contributed by atoms with van der Waals surface area (Å²) < 4.78 is 40.1. The van der Waals surface area contributed by atoms with Crippen molar-refractivity contribution in [3.05, 3.63) is 0 Å². The van der Waals surface area contributed by atoms with Crippen molar-refractivity contribution >= 4 is 17.9 Å². The number of hydrogen-bond donors (Lipinski definition) is 6. The van der Waals surface area contributed by atoms with Gasteiger partial charge < -0.3 is 63.8 Å². The molecule has 16 nitrogen and oxygen atoms in total. The lowest BCUT2D eigenvalue weighted by molar-refractivity contribution is -0.333. The zero-order chi connectivity index (χ0) is 57.6. The summed E-state index contributed by atoms with van der Waals surface area (Å²) in [5.74, 6) is -1.54. The molecular formula is C63H118O16. The summed E-state index contributed by atoms with van der Waals surface area (Å²) in [6, 6.07) is 0. The summed E-state index contributed by atoms with van der Waals surface area (Å²) in [4.78, 5) is 38.9. The molecule has 2 rings (SSSR count). The van der Waals surface area contributed by atoms with Gasteiger partial charge in [-0.3, -0.25) is 14.4 Å². The molecule has 2 saturated heterocycles. The molecule has 2 fully saturated rings. The first kappa shape index (κ1) is 73.1. The van der Waals surface area contributed by atoms with Gasteiger partial charge in [-0.05, 0) is 19.3 Å². The summed E-state index contributed by atoms with van der Waals surface area (Å²) in [6.07, 6.45) is 29.0. The number of hydrogen-bond acceptors (Lipinski definition) is 16. The molecule has 0 spiro atoms. The lowest BCUT2D eigenvalue weighted by Gasteiger charge is -2.43. The van der Waals surface area contributed by atoms with Crippen LogP contribution < -0.4 is 0 Å². The van der Waals surface area contributed by atoms with Crippen molar-refractivity contribution in [2.75, 3.05) is 26.4 Å². The van der Waals surface area contributed by atoms with Crippen LogP contribution >= 0.6 is 0 Å². The summed E-state index contributed by atoms with van der Waals surface area (Å²) in [5.41, 5.74) is 0. The minimum absolute atomic E-state index is 0.0784. The second-order valence-electron chi connectivity index (χ2n) is 23.1. The van der Waals surface area contributed by atoms with E-state index in [1.54, 1.807) is 0 Å². The number of esters is 3. The summed E-state index contributed by atoms with van der Waals surface area (Å²) in [7, 11) is 0. The monoisotopic (exact) mass is 1130 g/mol. The SMILES string of the molecule is CCCCCCCCCCCCCCCC(=O)OC[C@H](CO[C@H]1O[C@H](CO[C@H]2O[C@H](CO)[C@H](O)[C@H](OC(=O)CCCCCCCCCCCCCCC)[C@H]2O)[C@@H](O)[C@H](O)[C@H]1O)OC(=O)CCCCCCCCCCCCCCC. The van der Waals surface area contributed by atoms with Crippen molar-refractivity contribution < 1.29 is 78.2 Å². The molecule has 466 valence electrons. The Kier molecular flexibility index (Phi) is 45.8. The highest BCUT2D eigenvalue weighted by Gasteiger charge is 2.49. The van der Waals surface area contributed by atoms with Crippen molar-refractivity contribution in [2.45, 2.75) is 358 Å². The van der Waals surface area contributed by atoms with Gasteiger partial charge in [0.1, 0.15) is 49.3 Å². The maximum absolute atomic E-state index is 13.1. The van der Waals surface area contributed by atoms with Crippen LogP contribution in [-0.2, 0) is 47.5 Å². The quantitative estimate of drug-likeness (QED) is 0.0189. The fourth-order valence-corrected chi connectivity index (χ4v) is 10.6. The first-order valence-electron chi connectivity index (χ1n) is 32.6. The van der Waals surface area contributed by atoms with E-state index in [1.807, 2.05) is 0 Å². The molecule has 0 unspecified atom stereocenters. The topological polar surface area (TPSA) is 237 Å². The second kappa shape index (κ2) is 49.4. The lowest BCUT2D eigenvalue weighted by Crippen LogP contribution is -2.62. The van der Waals surface area contributed by atoms with E-state index < -0.39 is 98.6 Å². The third-order valence-corrected chi connectivity index (χ3v) is 15.8. The average molecular weight is 1130 g/mol. The number of aliphatic hydroxyl groups is 6. The number of ether oxygens (including phenoxy) is 7. The van der Waals surface area contributed by atoms with Gasteiger partial charge in [-0.25, -0.2) is 0 Å². The zero-order valence-corrected chi connectivity index (χ0v) is 50.1. The van der Waals surface area contributed by atoms with Gasteiger partial charge >= 0.3 is 17.9 Å². The predicted molar refractivity (Wildman–Crippen MR) is 308 cm³/mol. The number of aliphatic hydroxyl groups excluding tert-OH is 6. The van der Waals surface area contributed by atoms with E-state index in [1.165, 1.54) is 167 Å². The number of rotatable bonds is 53. The summed E-state index contributed by atoms with van der Waals surface area (Å²) >= 11 is 0. The third-order valence-electron chi connectivity index (χ3n) is 15.8. The van der Waals surface area contributed by atoms with Crippen LogP contribution in [0.1, 0.15) is 290 Å². The Morgan fingerprint density at radius 2 is 0.734 bits per heavy atom. The minimum atomic E-state index is -1.79. The van der Waals surface area contributed by atoms with E-state index in [0.717, 1.165) is 64.2 Å². The Morgan fingerprint density at radius 1 is 0.380 bits per heavy atom. The maximum Gasteiger partial charge on any atom is 0.306 e. The Labute approximate surface area is 478 Å². The smallest absolute Gasteiger partial charge is 0.306 e. The number of carbonyl (C=O) groups excluding carboxylic acids is 3. The van der Waals surface area contributed by atoms with Gasteiger partial charge in [-0.2, -0.15) is 0 Å². The summed E-state index contributed by atoms with van der Waals surface area (Å²) in [6.45, 7) is 4.77. The lowest BCUT2D eigenvalue weighted by atomic mass is 9.98. The molecule has 0 aromatic heterocycles. The van der Waals surface area contributed by atoms with Gasteiger partial charge in [0.2, 0.25) is 0 Å². The molecule has 0 saturated carbocycles. The molecule has 2 aliphatic heterocycles. The molecule has 0 aliphatic carbocycles. The molecule has 6 N–H and O–H groups in total. The van der Waals surface area contributed by atoms with Crippen molar-refractivity contribution in [3.8, 4) is 0 Å². The molecule has 0 radical (unpaired) electrons. The van der Waals surface area contributed by atoms with Crippen molar-refractivity contribution in [2.24, 2.45) is 0 Å². The third kappa shape index (κ3) is 35.7. The Morgan fingerprint density at radius 3 is 1.14 bits per heavy atom. The van der Waals surface area contributed by atoms with Gasteiger partial charge in [0.15, 0.2) is 24.8 Å². The Hall–Kier alpha value is -1.99. The number of carbonyl (C=O) groups is 3. The molecule has 79 heavy (non-hydrogen) atoms. The first-order chi connectivity index (χ1) is 38.5. The van der Waals surface area contributed by atoms with Crippen LogP contribution in [0.15, 0.2) is 0 Å². The molecule has 11 atom stereocenters.